The van der Waals surface area contributed by atoms with Crippen LogP contribution < -0.4 is 5.32 Å². The van der Waals surface area contributed by atoms with E-state index in [1.165, 1.54) is 12.8 Å². The number of guanidine groups is 1. The lowest BCUT2D eigenvalue weighted by atomic mass is 10.1. The van der Waals surface area contributed by atoms with Crippen molar-refractivity contribution in [2.24, 2.45) is 16.8 Å². The van der Waals surface area contributed by atoms with Gasteiger partial charge in [0.25, 0.3) is 0 Å². The molecule has 25 heavy (non-hydrogen) atoms. The van der Waals surface area contributed by atoms with Gasteiger partial charge < -0.3 is 24.1 Å². The molecule has 0 amide bonds. The van der Waals surface area contributed by atoms with E-state index in [2.05, 4.69) is 17.3 Å². The molecule has 0 radical (unpaired) electrons. The summed E-state index contributed by atoms with van der Waals surface area (Å²) in [6.45, 7) is 5.82. The van der Waals surface area contributed by atoms with E-state index in [-0.39, 0.29) is 0 Å². The third-order valence-corrected chi connectivity index (χ3v) is 4.74. The molecule has 1 N–H and O–H groups in total. The van der Waals surface area contributed by atoms with Crippen molar-refractivity contribution in [2.75, 3.05) is 53.1 Å². The third kappa shape index (κ3) is 6.71. The van der Waals surface area contributed by atoms with Crippen LogP contribution in [-0.2, 0) is 15.9 Å². The van der Waals surface area contributed by atoms with Crippen LogP contribution in [0.1, 0.15) is 25.0 Å². The van der Waals surface area contributed by atoms with E-state index in [9.17, 15) is 0 Å². The highest BCUT2D eigenvalue weighted by Crippen LogP contribution is 2.28. The zero-order valence-corrected chi connectivity index (χ0v) is 15.3. The molecular weight excluding hydrogens is 318 g/mol. The molecule has 140 valence electrons. The first-order valence-electron chi connectivity index (χ1n) is 9.48. The fourth-order valence-corrected chi connectivity index (χ4v) is 2.85. The lowest BCUT2D eigenvalue weighted by molar-refractivity contribution is 0.115. The molecule has 1 aromatic heterocycles. The van der Waals surface area contributed by atoms with Crippen molar-refractivity contribution in [1.82, 2.24) is 10.2 Å². The molecule has 1 aliphatic heterocycles. The first-order valence-corrected chi connectivity index (χ1v) is 9.48. The van der Waals surface area contributed by atoms with Crippen LogP contribution in [0, 0.1) is 11.8 Å². The fourth-order valence-electron chi connectivity index (χ4n) is 2.85. The highest BCUT2D eigenvalue weighted by molar-refractivity contribution is 5.79. The Morgan fingerprint density at radius 2 is 2.28 bits per heavy atom. The number of hydrogen-bond acceptors (Lipinski definition) is 4. The largest absolute Gasteiger partial charge is 0.469 e. The number of nitrogens with zero attached hydrogens (tertiary/aromatic N) is 2. The van der Waals surface area contributed by atoms with Crippen molar-refractivity contribution < 1.29 is 13.9 Å². The quantitative estimate of drug-likeness (QED) is 0.398. The van der Waals surface area contributed by atoms with Gasteiger partial charge in [0.05, 0.1) is 19.5 Å². The maximum Gasteiger partial charge on any atom is 0.193 e. The molecule has 1 aliphatic carbocycles. The first kappa shape index (κ1) is 18.3. The molecule has 6 heteroatoms. The van der Waals surface area contributed by atoms with E-state index >= 15 is 0 Å². The Bertz CT molecular complexity index is 508. The maximum absolute atomic E-state index is 5.76. The molecular formula is C19H31N3O3. The minimum Gasteiger partial charge on any atom is -0.469 e. The number of aliphatic imine (C=N–C) groups is 1. The number of rotatable bonds is 10. The highest BCUT2D eigenvalue weighted by Gasteiger charge is 2.21. The van der Waals surface area contributed by atoms with Gasteiger partial charge in [-0.2, -0.15) is 0 Å². The predicted octanol–water partition coefficient (Wildman–Crippen LogP) is 2.16. The Morgan fingerprint density at radius 3 is 3.00 bits per heavy atom. The Morgan fingerprint density at radius 1 is 1.36 bits per heavy atom. The minimum atomic E-state index is 0.543. The van der Waals surface area contributed by atoms with Gasteiger partial charge in [-0.25, -0.2) is 0 Å². The van der Waals surface area contributed by atoms with Gasteiger partial charge in [-0.15, -0.1) is 0 Å². The molecule has 1 atom stereocenters. The van der Waals surface area contributed by atoms with Crippen molar-refractivity contribution in [1.29, 1.82) is 0 Å². The second-order valence-electron chi connectivity index (χ2n) is 7.09. The van der Waals surface area contributed by atoms with E-state index < -0.39 is 0 Å². The van der Waals surface area contributed by atoms with Crippen molar-refractivity contribution in [3.05, 3.63) is 24.2 Å². The third-order valence-electron chi connectivity index (χ3n) is 4.74. The van der Waals surface area contributed by atoms with Gasteiger partial charge in [-0.05, 0) is 37.3 Å². The van der Waals surface area contributed by atoms with Gasteiger partial charge >= 0.3 is 0 Å². The molecule has 0 bridgehead atoms. The average Bonchev–Trinajstić information content (AvgIpc) is 3.08. The molecule has 2 fully saturated rings. The number of furan rings is 1. The summed E-state index contributed by atoms with van der Waals surface area (Å²) in [5.41, 5.74) is 0. The number of hydrogen-bond donors (Lipinski definition) is 1. The molecule has 1 aromatic rings. The monoisotopic (exact) mass is 349 g/mol. The lowest BCUT2D eigenvalue weighted by Crippen LogP contribution is -2.41. The van der Waals surface area contributed by atoms with Crippen LogP contribution >= 0.6 is 0 Å². The van der Waals surface area contributed by atoms with Gasteiger partial charge in [0.1, 0.15) is 5.76 Å². The molecule has 6 nitrogen and oxygen atoms in total. The molecule has 3 rings (SSSR count). The van der Waals surface area contributed by atoms with Crippen molar-refractivity contribution in [3.63, 3.8) is 0 Å². The van der Waals surface area contributed by atoms with Crippen LogP contribution in [0.4, 0.5) is 0 Å². The van der Waals surface area contributed by atoms with E-state index in [0.29, 0.717) is 5.92 Å². The van der Waals surface area contributed by atoms with Crippen LogP contribution in [0.3, 0.4) is 0 Å². The molecule has 1 unspecified atom stereocenters. The Kier molecular flexibility index (Phi) is 7.18. The second kappa shape index (κ2) is 9.82. The van der Waals surface area contributed by atoms with Gasteiger partial charge in [-0.3, -0.25) is 4.99 Å². The zero-order chi connectivity index (χ0) is 17.3. The van der Waals surface area contributed by atoms with Gasteiger partial charge in [0, 0.05) is 52.2 Å². The summed E-state index contributed by atoms with van der Waals surface area (Å²) >= 11 is 0. The smallest absolute Gasteiger partial charge is 0.193 e. The number of likely N-dealkylation sites (N-methyl/N-ethyl adjacent to an activating group) is 1. The fraction of sp³-hybridized carbons (Fsp3) is 0.737. The normalized spacial score (nSPS) is 20.8. The summed E-state index contributed by atoms with van der Waals surface area (Å²) in [6, 6.07) is 3.93. The Balaban J connectivity index is 1.43. The molecule has 1 saturated heterocycles. The average molecular weight is 349 g/mol. The summed E-state index contributed by atoms with van der Waals surface area (Å²) in [7, 11) is 2.07. The molecule has 1 saturated carbocycles. The lowest BCUT2D eigenvalue weighted by Gasteiger charge is -2.23. The predicted molar refractivity (Wildman–Crippen MR) is 97.8 cm³/mol. The zero-order valence-electron chi connectivity index (χ0n) is 15.3. The van der Waals surface area contributed by atoms with E-state index in [1.54, 1.807) is 6.26 Å². The molecule has 0 aromatic carbocycles. The standard InChI is InChI=1S/C19H31N3O3/c1-22(9-12-24-14-16-4-5-16)19(21-13-17-7-11-23-15-17)20-8-6-18-3-2-10-25-18/h2-3,10,16-17H,4-9,11-15H2,1H3,(H,20,21). The highest BCUT2D eigenvalue weighted by atomic mass is 16.5. The summed E-state index contributed by atoms with van der Waals surface area (Å²) in [6.07, 6.45) is 6.34. The van der Waals surface area contributed by atoms with Crippen LogP contribution in [-0.4, -0.2) is 64.0 Å². The SMILES string of the molecule is CN(CCOCC1CC1)C(=NCC1CCOC1)NCCc1ccco1. The summed E-state index contributed by atoms with van der Waals surface area (Å²) < 4.78 is 16.6. The van der Waals surface area contributed by atoms with Crippen LogP contribution in [0.5, 0.6) is 0 Å². The van der Waals surface area contributed by atoms with Crippen LogP contribution in [0.2, 0.25) is 0 Å². The van der Waals surface area contributed by atoms with Crippen molar-refractivity contribution in [2.45, 2.75) is 25.7 Å². The Labute approximate surface area is 150 Å². The van der Waals surface area contributed by atoms with Gasteiger partial charge in [0.2, 0.25) is 0 Å². The molecule has 2 heterocycles. The molecule has 0 spiro atoms. The second-order valence-corrected chi connectivity index (χ2v) is 7.09. The van der Waals surface area contributed by atoms with Gasteiger partial charge in [0.15, 0.2) is 5.96 Å². The van der Waals surface area contributed by atoms with E-state index in [0.717, 1.165) is 76.5 Å². The summed E-state index contributed by atoms with van der Waals surface area (Å²) in [5.74, 6) is 3.29. The van der Waals surface area contributed by atoms with Gasteiger partial charge in [-0.1, -0.05) is 0 Å². The maximum atomic E-state index is 5.76. The minimum absolute atomic E-state index is 0.543. The topological polar surface area (TPSA) is 59.2 Å². The summed E-state index contributed by atoms with van der Waals surface area (Å²) in [5, 5.41) is 3.46. The van der Waals surface area contributed by atoms with E-state index in [1.807, 2.05) is 12.1 Å². The van der Waals surface area contributed by atoms with Crippen LogP contribution in [0.15, 0.2) is 27.8 Å². The number of nitrogens with one attached hydrogen (secondary N) is 1. The molecule has 2 aliphatic rings. The number of ether oxygens (including phenoxy) is 2. The van der Waals surface area contributed by atoms with Crippen molar-refractivity contribution >= 4 is 5.96 Å². The van der Waals surface area contributed by atoms with E-state index in [4.69, 9.17) is 18.9 Å². The van der Waals surface area contributed by atoms with Crippen molar-refractivity contribution in [3.8, 4) is 0 Å². The summed E-state index contributed by atoms with van der Waals surface area (Å²) in [4.78, 5) is 6.97. The first-order chi connectivity index (χ1) is 12.3. The van der Waals surface area contributed by atoms with Crippen LogP contribution in [0.25, 0.3) is 0 Å². The Hall–Kier alpha value is -1.53.